The lowest BCUT2D eigenvalue weighted by Crippen LogP contribution is -2.25. The lowest BCUT2D eigenvalue weighted by molar-refractivity contribution is -0.119. The van der Waals surface area contributed by atoms with Gasteiger partial charge < -0.3 is 15.4 Å². The molecule has 0 fully saturated rings. The van der Waals surface area contributed by atoms with E-state index in [4.69, 9.17) is 4.74 Å². The molecule has 0 aliphatic rings. The number of pyridine rings is 1. The van der Waals surface area contributed by atoms with Gasteiger partial charge in [0.2, 0.25) is 5.91 Å². The molecule has 4 aromatic rings. The summed E-state index contributed by atoms with van der Waals surface area (Å²) in [6.07, 6.45) is 3.30. The molecule has 0 atom stereocenters. The fourth-order valence-electron chi connectivity index (χ4n) is 3.40. The fraction of sp³-hybridized carbons (Fsp3) is 0.167. The molecule has 0 bridgehead atoms. The minimum absolute atomic E-state index is 0.0852. The molecule has 2 aromatic heterocycles. The van der Waals surface area contributed by atoms with Gasteiger partial charge in [0.05, 0.1) is 6.54 Å². The van der Waals surface area contributed by atoms with Gasteiger partial charge in [-0.2, -0.15) is 0 Å². The van der Waals surface area contributed by atoms with Crippen LogP contribution in [-0.2, 0) is 4.79 Å². The van der Waals surface area contributed by atoms with Gasteiger partial charge in [0.25, 0.3) is 0 Å². The van der Waals surface area contributed by atoms with Gasteiger partial charge in [-0.15, -0.1) is 0 Å². The second-order valence-electron chi connectivity index (χ2n) is 7.19. The Bertz CT molecular complexity index is 1320. The van der Waals surface area contributed by atoms with E-state index in [1.165, 1.54) is 19.1 Å². The Morgan fingerprint density at radius 3 is 2.67 bits per heavy atom. The summed E-state index contributed by atoms with van der Waals surface area (Å²) < 4.78 is 34.4. The molecule has 7 nitrogen and oxygen atoms in total. The number of aromatic nitrogens is 3. The van der Waals surface area contributed by atoms with Gasteiger partial charge >= 0.3 is 0 Å². The van der Waals surface area contributed by atoms with Crippen LogP contribution in [-0.4, -0.2) is 41.1 Å². The molecule has 0 saturated heterocycles. The predicted octanol–water partition coefficient (Wildman–Crippen LogP) is 4.19. The molecule has 0 saturated carbocycles. The monoisotopic (exact) mass is 449 g/mol. The second-order valence-corrected chi connectivity index (χ2v) is 7.19. The normalized spacial score (nSPS) is 10.8. The third-order valence-corrected chi connectivity index (χ3v) is 4.92. The Kier molecular flexibility index (Phi) is 6.39. The van der Waals surface area contributed by atoms with Crippen LogP contribution in [0, 0.1) is 11.6 Å². The number of rotatable bonds is 7. The van der Waals surface area contributed by atoms with Gasteiger partial charge in [0.15, 0.2) is 17.5 Å². The highest BCUT2D eigenvalue weighted by Crippen LogP contribution is 2.37. The maximum atomic E-state index is 14.6. The summed E-state index contributed by atoms with van der Waals surface area (Å²) in [5, 5.41) is 6.27. The lowest BCUT2D eigenvalue weighted by Gasteiger charge is -2.15. The van der Waals surface area contributed by atoms with E-state index < -0.39 is 11.6 Å². The number of hydrogen-bond donors (Lipinski definition) is 2. The van der Waals surface area contributed by atoms with E-state index in [0.29, 0.717) is 39.4 Å². The van der Waals surface area contributed by atoms with E-state index >= 15 is 0 Å². The van der Waals surface area contributed by atoms with Gasteiger partial charge in [-0.25, -0.2) is 18.7 Å². The Morgan fingerprint density at radius 1 is 1.09 bits per heavy atom. The summed E-state index contributed by atoms with van der Waals surface area (Å²) in [7, 11) is 1.71. The predicted molar refractivity (Wildman–Crippen MR) is 122 cm³/mol. The molecule has 2 aromatic carbocycles. The van der Waals surface area contributed by atoms with Crippen molar-refractivity contribution in [2.24, 2.45) is 0 Å². The Morgan fingerprint density at radius 2 is 1.94 bits per heavy atom. The number of nitrogens with one attached hydrogen (secondary N) is 2. The van der Waals surface area contributed by atoms with Crippen LogP contribution >= 0.6 is 0 Å². The van der Waals surface area contributed by atoms with Gasteiger partial charge in [-0.05, 0) is 35.9 Å². The van der Waals surface area contributed by atoms with Crippen molar-refractivity contribution >= 4 is 22.6 Å². The number of carbonyl (C=O) groups excluding carboxylic acids is 1. The molecule has 0 unspecified atom stereocenters. The van der Waals surface area contributed by atoms with Crippen LogP contribution in [0.2, 0.25) is 0 Å². The highest BCUT2D eigenvalue weighted by atomic mass is 19.2. The van der Waals surface area contributed by atoms with E-state index in [-0.39, 0.29) is 24.6 Å². The molecule has 0 radical (unpaired) electrons. The molecule has 168 valence electrons. The number of fused-ring (bicyclic) bond motifs is 1. The topological polar surface area (TPSA) is 89.0 Å². The van der Waals surface area contributed by atoms with Crippen molar-refractivity contribution in [3.8, 4) is 28.3 Å². The number of amides is 1. The number of halogens is 2. The first-order valence-corrected chi connectivity index (χ1v) is 10.2. The van der Waals surface area contributed by atoms with Crippen LogP contribution < -0.4 is 15.4 Å². The zero-order valence-electron chi connectivity index (χ0n) is 18.0. The number of nitrogens with zero attached hydrogens (tertiary/aromatic N) is 3. The summed E-state index contributed by atoms with van der Waals surface area (Å²) in [6.45, 7) is 1.84. The van der Waals surface area contributed by atoms with Crippen molar-refractivity contribution < 1.29 is 18.3 Å². The first-order chi connectivity index (χ1) is 16.0. The van der Waals surface area contributed by atoms with E-state index in [1.807, 2.05) is 6.07 Å². The number of hydrogen-bond acceptors (Lipinski definition) is 6. The zero-order valence-corrected chi connectivity index (χ0v) is 18.0. The standard InChI is InChI=1S/C24H21F2N5O2/c1-14(32)29-9-10-33-20-12-16(17-6-3-7-19(25)21(17)26)11-18-22(20)30-23(31-24(18)27-2)15-5-4-8-28-13-15/h3-8,11-13H,9-10H2,1-2H3,(H,29,32)(H,27,30,31). The van der Waals surface area contributed by atoms with Gasteiger partial charge in [-0.1, -0.05) is 12.1 Å². The summed E-state index contributed by atoms with van der Waals surface area (Å²) in [5.41, 5.74) is 1.68. The Balaban J connectivity index is 1.89. The summed E-state index contributed by atoms with van der Waals surface area (Å²) in [6, 6.07) is 10.9. The fourth-order valence-corrected chi connectivity index (χ4v) is 3.40. The van der Waals surface area contributed by atoms with Gasteiger partial charge in [-0.3, -0.25) is 9.78 Å². The Hall–Kier alpha value is -4.14. The number of benzene rings is 2. The molecule has 2 N–H and O–H groups in total. The molecule has 0 spiro atoms. The smallest absolute Gasteiger partial charge is 0.216 e. The highest BCUT2D eigenvalue weighted by molar-refractivity contribution is 5.97. The van der Waals surface area contributed by atoms with Crippen LogP contribution in [0.5, 0.6) is 5.75 Å². The third kappa shape index (κ3) is 4.72. The molecular formula is C24H21F2N5O2. The summed E-state index contributed by atoms with van der Waals surface area (Å²) >= 11 is 0. The minimum Gasteiger partial charge on any atom is -0.489 e. The second kappa shape index (κ2) is 9.56. The molecule has 0 aliphatic carbocycles. The third-order valence-electron chi connectivity index (χ3n) is 4.92. The van der Waals surface area contributed by atoms with Crippen molar-refractivity contribution in [2.45, 2.75) is 6.92 Å². The Labute approximate surface area is 188 Å². The van der Waals surface area contributed by atoms with Crippen molar-refractivity contribution in [2.75, 3.05) is 25.5 Å². The SMILES string of the molecule is CNc1nc(-c2cccnc2)nc2c(OCCNC(C)=O)cc(-c3cccc(F)c3F)cc12. The van der Waals surface area contributed by atoms with E-state index in [9.17, 15) is 13.6 Å². The summed E-state index contributed by atoms with van der Waals surface area (Å²) in [5.74, 6) is -0.823. The molecule has 4 rings (SSSR count). The van der Waals surface area contributed by atoms with E-state index in [1.54, 1.807) is 37.6 Å². The molecule has 33 heavy (non-hydrogen) atoms. The maximum absolute atomic E-state index is 14.6. The van der Waals surface area contributed by atoms with Crippen molar-refractivity contribution in [3.05, 3.63) is 66.5 Å². The van der Waals surface area contributed by atoms with Crippen molar-refractivity contribution in [1.82, 2.24) is 20.3 Å². The van der Waals surface area contributed by atoms with Gasteiger partial charge in [0.1, 0.15) is 23.7 Å². The van der Waals surface area contributed by atoms with Crippen molar-refractivity contribution in [1.29, 1.82) is 0 Å². The molecule has 0 aliphatic heterocycles. The van der Waals surface area contributed by atoms with Crippen LogP contribution in [0.15, 0.2) is 54.9 Å². The van der Waals surface area contributed by atoms with Crippen LogP contribution in [0.3, 0.4) is 0 Å². The molecule has 1 amide bonds. The molecular weight excluding hydrogens is 428 g/mol. The molecule has 2 heterocycles. The minimum atomic E-state index is -0.958. The summed E-state index contributed by atoms with van der Waals surface area (Å²) in [4.78, 5) is 24.6. The largest absolute Gasteiger partial charge is 0.489 e. The average Bonchev–Trinajstić information content (AvgIpc) is 2.83. The number of ether oxygens (including phenoxy) is 1. The average molecular weight is 449 g/mol. The van der Waals surface area contributed by atoms with Crippen molar-refractivity contribution in [3.63, 3.8) is 0 Å². The number of anilines is 1. The zero-order chi connectivity index (χ0) is 23.4. The van der Waals surface area contributed by atoms with Crippen LogP contribution in [0.25, 0.3) is 33.4 Å². The first kappa shape index (κ1) is 22.1. The number of carbonyl (C=O) groups is 1. The first-order valence-electron chi connectivity index (χ1n) is 10.2. The van der Waals surface area contributed by atoms with E-state index in [2.05, 4.69) is 25.6 Å². The maximum Gasteiger partial charge on any atom is 0.216 e. The molecule has 9 heteroatoms. The van der Waals surface area contributed by atoms with Gasteiger partial charge in [0, 0.05) is 42.9 Å². The quantitative estimate of drug-likeness (QED) is 0.411. The van der Waals surface area contributed by atoms with Crippen LogP contribution in [0.1, 0.15) is 6.92 Å². The van der Waals surface area contributed by atoms with E-state index in [0.717, 1.165) is 6.07 Å². The lowest BCUT2D eigenvalue weighted by atomic mass is 10.0. The highest BCUT2D eigenvalue weighted by Gasteiger charge is 2.18. The van der Waals surface area contributed by atoms with Crippen LogP contribution in [0.4, 0.5) is 14.6 Å².